The summed E-state index contributed by atoms with van der Waals surface area (Å²) in [5.74, 6) is 5.32. The molecule has 2 heteroatoms. The minimum atomic E-state index is 0.822. The molecule has 0 unspecified atom stereocenters. The van der Waals surface area contributed by atoms with Crippen LogP contribution in [0.1, 0.15) is 70.6 Å². The molecule has 0 aromatic heterocycles. The second-order valence-corrected chi connectivity index (χ2v) is 4.26. The van der Waals surface area contributed by atoms with Gasteiger partial charge in [-0.2, -0.15) is 0 Å². The Labute approximate surface area is 105 Å². The molecule has 0 saturated carbocycles. The number of rotatable bonds is 10. The zero-order valence-electron chi connectivity index (χ0n) is 10.7. The van der Waals surface area contributed by atoms with Crippen molar-refractivity contribution in [1.29, 1.82) is 0 Å². The van der Waals surface area contributed by atoms with Gasteiger partial charge in [0.2, 0.25) is 0 Å². The topological polar surface area (TPSA) is 40.5 Å². The van der Waals surface area contributed by atoms with E-state index in [2.05, 4.69) is 11.8 Å². The number of hydrogen-bond acceptors (Lipinski definition) is 2. The molecule has 0 aromatic rings. The summed E-state index contributed by atoms with van der Waals surface area (Å²) in [6.45, 7) is 0. The first-order chi connectivity index (χ1) is 8.41. The van der Waals surface area contributed by atoms with Crippen molar-refractivity contribution < 1.29 is 10.2 Å². The van der Waals surface area contributed by atoms with Crippen LogP contribution in [0.15, 0.2) is 0 Å². The lowest BCUT2D eigenvalue weighted by molar-refractivity contribution is 0.515. The molecule has 0 bridgehead atoms. The summed E-state index contributed by atoms with van der Waals surface area (Å²) in [6, 6.07) is 0. The van der Waals surface area contributed by atoms with Crippen molar-refractivity contribution in [2.24, 2.45) is 0 Å². The van der Waals surface area contributed by atoms with Gasteiger partial charge in [-0.1, -0.05) is 56.8 Å². The van der Waals surface area contributed by atoms with E-state index in [9.17, 15) is 0 Å². The predicted molar refractivity (Wildman–Crippen MR) is 70.2 cm³/mol. The van der Waals surface area contributed by atoms with Gasteiger partial charge in [-0.3, -0.25) is 0 Å². The minimum absolute atomic E-state index is 0.822. The lowest BCUT2D eigenvalue weighted by atomic mass is 10.1. The zero-order valence-corrected chi connectivity index (χ0v) is 10.7. The second kappa shape index (κ2) is 14.7. The van der Waals surface area contributed by atoms with Crippen molar-refractivity contribution in [3.63, 3.8) is 0 Å². The monoisotopic (exact) mass is 236 g/mol. The van der Waals surface area contributed by atoms with Crippen LogP contribution in [0.3, 0.4) is 0 Å². The molecule has 0 aliphatic carbocycles. The van der Waals surface area contributed by atoms with E-state index in [0.29, 0.717) is 0 Å². The molecule has 0 heterocycles. The quantitative estimate of drug-likeness (QED) is 0.445. The Hall–Kier alpha value is -1.28. The molecular formula is C15H24O2. The number of unbranched alkanes of at least 4 members (excludes halogenated alkanes) is 10. The van der Waals surface area contributed by atoms with Gasteiger partial charge in [0, 0.05) is 12.8 Å². The highest BCUT2D eigenvalue weighted by Crippen LogP contribution is 2.10. The van der Waals surface area contributed by atoms with Crippen LogP contribution in [-0.2, 0) is 0 Å². The molecule has 0 rings (SSSR count). The lowest BCUT2D eigenvalue weighted by Crippen LogP contribution is -1.81. The Balaban J connectivity index is 2.97. The van der Waals surface area contributed by atoms with E-state index in [1.54, 1.807) is 0 Å². The van der Waals surface area contributed by atoms with E-state index < -0.39 is 0 Å². The van der Waals surface area contributed by atoms with Gasteiger partial charge in [0.25, 0.3) is 0 Å². The largest absolute Gasteiger partial charge is 0.462 e. The summed E-state index contributed by atoms with van der Waals surface area (Å²) >= 11 is 0. The van der Waals surface area contributed by atoms with Crippen LogP contribution in [0.5, 0.6) is 0 Å². The van der Waals surface area contributed by atoms with Crippen LogP contribution in [0, 0.1) is 24.1 Å². The first kappa shape index (κ1) is 15.7. The summed E-state index contributed by atoms with van der Waals surface area (Å²) in [7, 11) is 0. The highest BCUT2D eigenvalue weighted by molar-refractivity contribution is 4.89. The van der Waals surface area contributed by atoms with Crippen LogP contribution in [0.4, 0.5) is 0 Å². The van der Waals surface area contributed by atoms with Crippen molar-refractivity contribution >= 4 is 0 Å². The molecule has 0 aliphatic heterocycles. The molecule has 0 radical (unpaired) electrons. The van der Waals surface area contributed by atoms with Gasteiger partial charge in [-0.15, -0.1) is 0 Å². The molecular weight excluding hydrogens is 212 g/mol. The molecule has 0 aromatic carbocycles. The van der Waals surface area contributed by atoms with E-state index in [1.807, 2.05) is 12.2 Å². The number of hydrogen-bond donors (Lipinski definition) is 2. The maximum atomic E-state index is 8.26. The van der Waals surface area contributed by atoms with E-state index >= 15 is 0 Å². The Morgan fingerprint density at radius 3 is 1.06 bits per heavy atom. The van der Waals surface area contributed by atoms with Crippen LogP contribution in [0.2, 0.25) is 0 Å². The zero-order chi connectivity index (χ0) is 12.6. The molecule has 0 spiro atoms. The van der Waals surface area contributed by atoms with E-state index in [-0.39, 0.29) is 0 Å². The Morgan fingerprint density at radius 1 is 0.471 bits per heavy atom. The fourth-order valence-electron chi connectivity index (χ4n) is 1.78. The molecule has 2 N–H and O–H groups in total. The SMILES string of the molecule is OC#CCCCCCCCCCCCC#CO. The molecule has 0 aliphatic rings. The van der Waals surface area contributed by atoms with Gasteiger partial charge in [-0.05, 0) is 12.8 Å². The fraction of sp³-hybridized carbons (Fsp3) is 0.733. The van der Waals surface area contributed by atoms with Crippen LogP contribution in [-0.4, -0.2) is 10.2 Å². The molecule has 0 saturated heterocycles. The Morgan fingerprint density at radius 2 is 0.765 bits per heavy atom. The summed E-state index contributed by atoms with van der Waals surface area (Å²) in [5, 5.41) is 16.5. The second-order valence-electron chi connectivity index (χ2n) is 4.26. The standard InChI is InChI=1S/C15H24O2/c16-14-12-10-8-6-4-2-1-3-5-7-9-11-13-15-17/h16-17H,1-11H2. The molecule has 0 fully saturated rings. The first-order valence-electron chi connectivity index (χ1n) is 6.65. The maximum absolute atomic E-state index is 8.26. The first-order valence-corrected chi connectivity index (χ1v) is 6.65. The molecule has 0 amide bonds. The maximum Gasteiger partial charge on any atom is 0.107 e. The normalized spacial score (nSPS) is 8.94. The Bertz CT molecular complexity index is 234. The minimum Gasteiger partial charge on any atom is -0.462 e. The predicted octanol–water partition coefficient (Wildman–Crippen LogP) is 3.94. The third-order valence-electron chi connectivity index (χ3n) is 2.76. The van der Waals surface area contributed by atoms with Crippen molar-refractivity contribution in [1.82, 2.24) is 0 Å². The molecule has 96 valence electrons. The number of aliphatic hydroxyl groups is 2. The van der Waals surface area contributed by atoms with Crippen molar-refractivity contribution in [2.75, 3.05) is 0 Å². The third-order valence-corrected chi connectivity index (χ3v) is 2.76. The highest BCUT2D eigenvalue weighted by Gasteiger charge is 1.92. The van der Waals surface area contributed by atoms with Crippen molar-refractivity contribution in [2.45, 2.75) is 70.6 Å². The molecule has 17 heavy (non-hydrogen) atoms. The molecule has 2 nitrogen and oxygen atoms in total. The van der Waals surface area contributed by atoms with Gasteiger partial charge < -0.3 is 10.2 Å². The molecule has 0 atom stereocenters. The van der Waals surface area contributed by atoms with Gasteiger partial charge in [0.1, 0.15) is 12.2 Å². The third kappa shape index (κ3) is 14.7. The van der Waals surface area contributed by atoms with Crippen LogP contribution >= 0.6 is 0 Å². The average Bonchev–Trinajstić information content (AvgIpc) is 2.35. The average molecular weight is 236 g/mol. The van der Waals surface area contributed by atoms with Crippen LogP contribution in [0.25, 0.3) is 0 Å². The van der Waals surface area contributed by atoms with E-state index in [4.69, 9.17) is 10.2 Å². The van der Waals surface area contributed by atoms with Gasteiger partial charge in [-0.25, -0.2) is 0 Å². The summed E-state index contributed by atoms with van der Waals surface area (Å²) in [5.41, 5.74) is 0. The van der Waals surface area contributed by atoms with E-state index in [0.717, 1.165) is 25.7 Å². The fourth-order valence-corrected chi connectivity index (χ4v) is 1.78. The smallest absolute Gasteiger partial charge is 0.107 e. The Kier molecular flexibility index (Phi) is 13.6. The highest BCUT2D eigenvalue weighted by atomic mass is 16.2. The van der Waals surface area contributed by atoms with Gasteiger partial charge in [0.15, 0.2) is 0 Å². The van der Waals surface area contributed by atoms with Gasteiger partial charge in [0.05, 0.1) is 0 Å². The summed E-state index contributed by atoms with van der Waals surface area (Å²) < 4.78 is 0. The van der Waals surface area contributed by atoms with Gasteiger partial charge >= 0.3 is 0 Å². The lowest BCUT2D eigenvalue weighted by Gasteiger charge is -2.00. The van der Waals surface area contributed by atoms with Crippen LogP contribution < -0.4 is 0 Å². The van der Waals surface area contributed by atoms with E-state index in [1.165, 1.54) is 44.9 Å². The summed E-state index contributed by atoms with van der Waals surface area (Å²) in [6.07, 6.45) is 16.7. The van der Waals surface area contributed by atoms with Crippen molar-refractivity contribution in [3.8, 4) is 24.1 Å². The van der Waals surface area contributed by atoms with Crippen molar-refractivity contribution in [3.05, 3.63) is 0 Å². The number of aliphatic hydroxyl groups excluding tert-OH is 2. The summed E-state index contributed by atoms with van der Waals surface area (Å²) in [4.78, 5) is 0.